The van der Waals surface area contributed by atoms with Crippen molar-refractivity contribution >= 4 is 23.2 Å². The molecule has 1 aliphatic heterocycles. The van der Waals surface area contributed by atoms with Crippen molar-refractivity contribution in [2.45, 2.75) is 6.92 Å². The number of aromatic nitrogens is 2. The minimum atomic E-state index is 0.576. The molecule has 2 aromatic rings. The summed E-state index contributed by atoms with van der Waals surface area (Å²) in [5.74, 6) is 0.763. The number of rotatable bonds is 2. The molecule has 1 aromatic heterocycles. The van der Waals surface area contributed by atoms with Gasteiger partial charge in [0.1, 0.15) is 0 Å². The van der Waals surface area contributed by atoms with Gasteiger partial charge < -0.3 is 9.80 Å². The lowest BCUT2D eigenvalue weighted by atomic mass is 10.1. The Kier molecular flexibility index (Phi) is 3.74. The minimum absolute atomic E-state index is 0.576. The second-order valence-electron chi connectivity index (χ2n) is 4.96. The highest BCUT2D eigenvalue weighted by Crippen LogP contribution is 2.22. The van der Waals surface area contributed by atoms with Crippen molar-refractivity contribution in [3.63, 3.8) is 0 Å². The molecule has 0 bridgehead atoms. The molecule has 0 N–H and O–H groups in total. The summed E-state index contributed by atoms with van der Waals surface area (Å²) in [4.78, 5) is 13.2. The molecule has 0 spiro atoms. The second-order valence-corrected chi connectivity index (χ2v) is 5.40. The number of hydrogen-bond acceptors (Lipinski definition) is 4. The molecule has 0 saturated carbocycles. The van der Waals surface area contributed by atoms with Crippen LogP contribution in [0.2, 0.25) is 5.02 Å². The third-order valence-electron chi connectivity index (χ3n) is 3.63. The van der Waals surface area contributed by atoms with Crippen molar-refractivity contribution in [3.05, 3.63) is 47.2 Å². The summed E-state index contributed by atoms with van der Waals surface area (Å²) in [6, 6.07) is 8.52. The van der Waals surface area contributed by atoms with Gasteiger partial charge in [-0.2, -0.15) is 0 Å². The molecule has 0 atom stereocenters. The van der Waals surface area contributed by atoms with E-state index in [1.165, 1.54) is 11.3 Å². The number of hydrogen-bond donors (Lipinski definition) is 0. The summed E-state index contributed by atoms with van der Waals surface area (Å²) in [6.45, 7) is 5.98. The van der Waals surface area contributed by atoms with Gasteiger partial charge in [-0.15, -0.1) is 0 Å². The van der Waals surface area contributed by atoms with Gasteiger partial charge in [0.2, 0.25) is 5.95 Å². The lowest BCUT2D eigenvalue weighted by molar-refractivity contribution is 0.639. The summed E-state index contributed by atoms with van der Waals surface area (Å²) < 4.78 is 0. The van der Waals surface area contributed by atoms with Crippen LogP contribution in [0.5, 0.6) is 0 Å². The molecular weight excluding hydrogens is 272 g/mol. The van der Waals surface area contributed by atoms with E-state index in [1.807, 2.05) is 0 Å². The van der Waals surface area contributed by atoms with Crippen LogP contribution < -0.4 is 9.80 Å². The predicted molar refractivity (Wildman–Crippen MR) is 82.6 cm³/mol. The molecule has 0 amide bonds. The van der Waals surface area contributed by atoms with Crippen LogP contribution in [-0.4, -0.2) is 36.1 Å². The molecule has 0 unspecified atom stereocenters. The molecule has 1 aliphatic rings. The zero-order valence-corrected chi connectivity index (χ0v) is 12.2. The first-order valence-electron chi connectivity index (χ1n) is 6.77. The lowest BCUT2D eigenvalue weighted by Crippen LogP contribution is -2.47. The van der Waals surface area contributed by atoms with Crippen molar-refractivity contribution in [1.82, 2.24) is 9.97 Å². The van der Waals surface area contributed by atoms with Crippen LogP contribution in [0.1, 0.15) is 5.56 Å². The van der Waals surface area contributed by atoms with Gasteiger partial charge in [0.25, 0.3) is 0 Å². The fourth-order valence-electron chi connectivity index (χ4n) is 2.53. The Hall–Kier alpha value is -1.81. The van der Waals surface area contributed by atoms with E-state index in [-0.39, 0.29) is 0 Å². The summed E-state index contributed by atoms with van der Waals surface area (Å²) >= 11 is 5.82. The number of aryl methyl sites for hydroxylation is 1. The van der Waals surface area contributed by atoms with Gasteiger partial charge in [-0.05, 0) is 18.6 Å². The second kappa shape index (κ2) is 5.67. The first-order valence-corrected chi connectivity index (χ1v) is 7.15. The number of benzene rings is 1. The maximum absolute atomic E-state index is 5.82. The Morgan fingerprint density at radius 2 is 1.55 bits per heavy atom. The van der Waals surface area contributed by atoms with Gasteiger partial charge in [0.05, 0.1) is 17.4 Å². The van der Waals surface area contributed by atoms with Gasteiger partial charge >= 0.3 is 0 Å². The molecule has 5 heteroatoms. The molecule has 20 heavy (non-hydrogen) atoms. The third-order valence-corrected chi connectivity index (χ3v) is 3.82. The van der Waals surface area contributed by atoms with Gasteiger partial charge in [-0.1, -0.05) is 29.8 Å². The van der Waals surface area contributed by atoms with E-state index in [0.717, 1.165) is 32.1 Å². The standard InChI is InChI=1S/C15H17ClN4/c1-12-4-2-3-5-14(12)19-6-8-20(9-7-19)15-17-10-13(16)11-18-15/h2-5,10-11H,6-9H2,1H3. The van der Waals surface area contributed by atoms with E-state index in [1.54, 1.807) is 12.4 Å². The molecule has 1 aromatic carbocycles. The normalized spacial score (nSPS) is 15.5. The van der Waals surface area contributed by atoms with E-state index in [2.05, 4.69) is 51.0 Å². The largest absolute Gasteiger partial charge is 0.368 e. The number of para-hydroxylation sites is 1. The zero-order valence-electron chi connectivity index (χ0n) is 11.5. The summed E-state index contributed by atoms with van der Waals surface area (Å²) in [7, 11) is 0. The monoisotopic (exact) mass is 288 g/mol. The van der Waals surface area contributed by atoms with Gasteiger partial charge in [-0.3, -0.25) is 0 Å². The van der Waals surface area contributed by atoms with Crippen LogP contribution in [-0.2, 0) is 0 Å². The highest BCUT2D eigenvalue weighted by atomic mass is 35.5. The molecule has 1 fully saturated rings. The van der Waals surface area contributed by atoms with Crippen molar-refractivity contribution in [2.75, 3.05) is 36.0 Å². The molecule has 2 heterocycles. The summed E-state index contributed by atoms with van der Waals surface area (Å²) in [6.07, 6.45) is 3.30. The van der Waals surface area contributed by atoms with E-state index in [4.69, 9.17) is 11.6 Å². The van der Waals surface area contributed by atoms with Gasteiger partial charge in [0.15, 0.2) is 0 Å². The molecule has 3 rings (SSSR count). The van der Waals surface area contributed by atoms with E-state index in [9.17, 15) is 0 Å². The van der Waals surface area contributed by atoms with Crippen molar-refractivity contribution in [3.8, 4) is 0 Å². The Balaban J connectivity index is 1.68. The smallest absolute Gasteiger partial charge is 0.225 e. The maximum atomic E-state index is 5.82. The topological polar surface area (TPSA) is 32.3 Å². The molecule has 0 radical (unpaired) electrons. The molecule has 104 valence electrons. The summed E-state index contributed by atoms with van der Waals surface area (Å²) in [5, 5.41) is 0.576. The van der Waals surface area contributed by atoms with E-state index in [0.29, 0.717) is 5.02 Å². The molecule has 1 saturated heterocycles. The van der Waals surface area contributed by atoms with E-state index < -0.39 is 0 Å². The predicted octanol–water partition coefficient (Wildman–Crippen LogP) is 2.77. The summed E-state index contributed by atoms with van der Waals surface area (Å²) in [5.41, 5.74) is 2.65. The fourth-order valence-corrected chi connectivity index (χ4v) is 2.63. The van der Waals surface area contributed by atoms with Crippen LogP contribution in [0.3, 0.4) is 0 Å². The molecule has 0 aliphatic carbocycles. The van der Waals surface area contributed by atoms with Crippen LogP contribution in [0.15, 0.2) is 36.7 Å². The lowest BCUT2D eigenvalue weighted by Gasteiger charge is -2.36. The Morgan fingerprint density at radius 3 is 2.20 bits per heavy atom. The third kappa shape index (κ3) is 2.70. The van der Waals surface area contributed by atoms with Crippen LogP contribution in [0.25, 0.3) is 0 Å². The van der Waals surface area contributed by atoms with Crippen molar-refractivity contribution in [2.24, 2.45) is 0 Å². The first kappa shape index (κ1) is 13.2. The number of anilines is 2. The Morgan fingerprint density at radius 1 is 0.950 bits per heavy atom. The van der Waals surface area contributed by atoms with Crippen molar-refractivity contribution in [1.29, 1.82) is 0 Å². The number of halogens is 1. The fraction of sp³-hybridized carbons (Fsp3) is 0.333. The quantitative estimate of drug-likeness (QED) is 0.851. The van der Waals surface area contributed by atoms with Crippen LogP contribution in [0, 0.1) is 6.92 Å². The Labute approximate surface area is 124 Å². The van der Waals surface area contributed by atoms with E-state index >= 15 is 0 Å². The highest BCUT2D eigenvalue weighted by Gasteiger charge is 2.19. The number of nitrogens with zero attached hydrogens (tertiary/aromatic N) is 4. The average Bonchev–Trinajstić information content (AvgIpc) is 2.49. The molecule has 4 nitrogen and oxygen atoms in total. The number of piperazine rings is 1. The van der Waals surface area contributed by atoms with Crippen LogP contribution >= 0.6 is 11.6 Å². The minimum Gasteiger partial charge on any atom is -0.368 e. The van der Waals surface area contributed by atoms with Gasteiger partial charge in [0, 0.05) is 31.9 Å². The Bertz CT molecular complexity index is 577. The zero-order chi connectivity index (χ0) is 13.9. The van der Waals surface area contributed by atoms with Crippen molar-refractivity contribution < 1.29 is 0 Å². The van der Waals surface area contributed by atoms with Crippen LogP contribution in [0.4, 0.5) is 11.6 Å². The van der Waals surface area contributed by atoms with Gasteiger partial charge in [-0.25, -0.2) is 9.97 Å². The molecular formula is C15H17ClN4. The maximum Gasteiger partial charge on any atom is 0.225 e. The SMILES string of the molecule is Cc1ccccc1N1CCN(c2ncc(Cl)cn2)CC1. The average molecular weight is 289 g/mol. The highest BCUT2D eigenvalue weighted by molar-refractivity contribution is 6.30. The first-order chi connectivity index (χ1) is 9.74.